The average Bonchev–Trinajstić information content (AvgIpc) is 2.45. The highest BCUT2D eigenvalue weighted by Crippen LogP contribution is 2.17. The normalized spacial score (nSPS) is 14.4. The van der Waals surface area contributed by atoms with Crippen molar-refractivity contribution >= 4 is 11.9 Å². The second-order valence-electron chi connectivity index (χ2n) is 2.91. The van der Waals surface area contributed by atoms with Crippen LogP contribution in [0.4, 0.5) is 0 Å². The van der Waals surface area contributed by atoms with E-state index in [4.69, 9.17) is 0 Å². The first-order valence-electron chi connectivity index (χ1n) is 4.32. The Morgan fingerprint density at radius 2 is 2.14 bits per heavy atom. The number of allylic oxidation sites excluding steroid dienone is 3. The summed E-state index contributed by atoms with van der Waals surface area (Å²) in [7, 11) is 0. The van der Waals surface area contributed by atoms with E-state index < -0.39 is 0 Å². The maximum atomic E-state index is 9.30. The van der Waals surface area contributed by atoms with Gasteiger partial charge in [0, 0.05) is 11.8 Å². The number of phenolic OH excluding ortho intramolecular Hbond substituents is 1. The summed E-state index contributed by atoms with van der Waals surface area (Å²) in [5, 5.41) is 13.2. The molecule has 2 N–H and O–H groups in total. The fourth-order valence-corrected chi connectivity index (χ4v) is 1.22. The van der Waals surface area contributed by atoms with Crippen molar-refractivity contribution in [1.82, 2.24) is 5.43 Å². The Balaban J connectivity index is 2.35. The molecule has 0 aliphatic carbocycles. The average molecular weight is 186 g/mol. The molecule has 2 rings (SSSR count). The molecule has 1 aromatic carbocycles. The van der Waals surface area contributed by atoms with Gasteiger partial charge in [0.1, 0.15) is 5.75 Å². The van der Waals surface area contributed by atoms with Crippen LogP contribution in [-0.4, -0.2) is 11.3 Å². The van der Waals surface area contributed by atoms with E-state index >= 15 is 0 Å². The number of aromatic hydroxyl groups is 1. The molecule has 0 unspecified atom stereocenters. The van der Waals surface area contributed by atoms with E-state index in [1.54, 1.807) is 24.4 Å². The Labute approximate surface area is 82.1 Å². The van der Waals surface area contributed by atoms with Crippen LogP contribution >= 0.6 is 0 Å². The van der Waals surface area contributed by atoms with E-state index in [0.717, 1.165) is 11.3 Å². The zero-order valence-electron chi connectivity index (χ0n) is 7.51. The molecule has 0 amide bonds. The van der Waals surface area contributed by atoms with Crippen molar-refractivity contribution in [3.05, 3.63) is 48.1 Å². The number of hydrogen-bond acceptors (Lipinski definition) is 3. The highest BCUT2D eigenvalue weighted by Gasteiger charge is 2.00. The summed E-state index contributed by atoms with van der Waals surface area (Å²) in [6, 6.07) is 7.03. The molecule has 1 heterocycles. The first kappa shape index (κ1) is 8.56. The summed E-state index contributed by atoms with van der Waals surface area (Å²) in [4.78, 5) is 0. The third-order valence-corrected chi connectivity index (χ3v) is 1.88. The van der Waals surface area contributed by atoms with Crippen LogP contribution < -0.4 is 5.43 Å². The summed E-state index contributed by atoms with van der Waals surface area (Å²) in [5.41, 5.74) is 4.66. The Morgan fingerprint density at radius 3 is 3.00 bits per heavy atom. The molecule has 3 heteroatoms. The van der Waals surface area contributed by atoms with Crippen LogP contribution in [-0.2, 0) is 0 Å². The summed E-state index contributed by atoms with van der Waals surface area (Å²) in [5.74, 6) is 0.252. The largest absolute Gasteiger partial charge is 0.508 e. The summed E-state index contributed by atoms with van der Waals surface area (Å²) in [6.45, 7) is 0. The lowest BCUT2D eigenvalue weighted by atomic mass is 10.1. The van der Waals surface area contributed by atoms with Crippen molar-refractivity contribution in [3.63, 3.8) is 0 Å². The predicted octanol–water partition coefficient (Wildman–Crippen LogP) is 1.88. The van der Waals surface area contributed by atoms with Crippen LogP contribution in [0.1, 0.15) is 5.56 Å². The number of nitrogens with one attached hydrogen (secondary N) is 1. The smallest absolute Gasteiger partial charge is 0.116 e. The second-order valence-corrected chi connectivity index (χ2v) is 2.91. The van der Waals surface area contributed by atoms with Crippen molar-refractivity contribution in [1.29, 1.82) is 0 Å². The molecule has 0 fully saturated rings. The number of benzene rings is 1. The van der Waals surface area contributed by atoms with Crippen molar-refractivity contribution in [2.75, 3.05) is 0 Å². The Morgan fingerprint density at radius 1 is 1.21 bits per heavy atom. The molecule has 0 saturated heterocycles. The lowest BCUT2D eigenvalue weighted by Gasteiger charge is -2.05. The summed E-state index contributed by atoms with van der Waals surface area (Å²) in [6.07, 6.45) is 7.31. The van der Waals surface area contributed by atoms with E-state index in [-0.39, 0.29) is 5.75 Å². The van der Waals surface area contributed by atoms with E-state index in [9.17, 15) is 5.11 Å². The number of nitrogens with zero attached hydrogens (tertiary/aromatic N) is 1. The summed E-state index contributed by atoms with van der Waals surface area (Å²) < 4.78 is 0. The predicted molar refractivity (Wildman–Crippen MR) is 56.9 cm³/mol. The van der Waals surface area contributed by atoms with Crippen LogP contribution in [0.5, 0.6) is 5.75 Å². The first-order chi connectivity index (χ1) is 6.86. The minimum absolute atomic E-state index is 0.252. The van der Waals surface area contributed by atoms with E-state index in [1.807, 2.05) is 24.3 Å². The number of hydrazone groups is 1. The molecular formula is C11H10N2O. The fourth-order valence-electron chi connectivity index (χ4n) is 1.22. The number of rotatable bonds is 1. The molecule has 0 aromatic heterocycles. The molecule has 0 saturated carbocycles. The Bertz CT molecular complexity index is 419. The van der Waals surface area contributed by atoms with Gasteiger partial charge in [-0.25, -0.2) is 0 Å². The van der Waals surface area contributed by atoms with Gasteiger partial charge in [-0.05, 0) is 24.3 Å². The molecule has 0 spiro atoms. The minimum atomic E-state index is 0.252. The molecule has 0 radical (unpaired) electrons. The molecule has 1 aliphatic heterocycles. The molecule has 0 bridgehead atoms. The van der Waals surface area contributed by atoms with E-state index in [0.29, 0.717) is 0 Å². The molecule has 14 heavy (non-hydrogen) atoms. The SMILES string of the molecule is Oc1cccc(C2=CC=CC=NN2)c1. The monoisotopic (exact) mass is 186 g/mol. The van der Waals surface area contributed by atoms with Gasteiger partial charge in [0.2, 0.25) is 0 Å². The van der Waals surface area contributed by atoms with Gasteiger partial charge in [-0.1, -0.05) is 18.2 Å². The van der Waals surface area contributed by atoms with Gasteiger partial charge in [0.15, 0.2) is 0 Å². The molecular weight excluding hydrogens is 176 g/mol. The van der Waals surface area contributed by atoms with Gasteiger partial charge in [-0.15, -0.1) is 0 Å². The van der Waals surface area contributed by atoms with Gasteiger partial charge in [-0.3, -0.25) is 5.43 Å². The van der Waals surface area contributed by atoms with Crippen LogP contribution in [0.3, 0.4) is 0 Å². The van der Waals surface area contributed by atoms with Crippen LogP contribution in [0, 0.1) is 0 Å². The maximum absolute atomic E-state index is 9.30. The number of hydrogen-bond donors (Lipinski definition) is 2. The van der Waals surface area contributed by atoms with Crippen molar-refractivity contribution < 1.29 is 5.11 Å². The lowest BCUT2D eigenvalue weighted by Crippen LogP contribution is -2.02. The Hall–Kier alpha value is -2.03. The van der Waals surface area contributed by atoms with Crippen LogP contribution in [0.15, 0.2) is 47.6 Å². The molecule has 1 aliphatic rings. The van der Waals surface area contributed by atoms with Crippen molar-refractivity contribution in [3.8, 4) is 5.75 Å². The van der Waals surface area contributed by atoms with Gasteiger partial charge in [-0.2, -0.15) is 5.10 Å². The zero-order chi connectivity index (χ0) is 9.80. The second kappa shape index (κ2) is 3.79. The quantitative estimate of drug-likeness (QED) is 0.703. The van der Waals surface area contributed by atoms with Gasteiger partial charge < -0.3 is 5.11 Å². The third kappa shape index (κ3) is 1.82. The lowest BCUT2D eigenvalue weighted by molar-refractivity contribution is 0.475. The highest BCUT2D eigenvalue weighted by molar-refractivity contribution is 5.76. The molecule has 1 aromatic rings. The Kier molecular flexibility index (Phi) is 2.32. The van der Waals surface area contributed by atoms with Crippen molar-refractivity contribution in [2.24, 2.45) is 5.10 Å². The van der Waals surface area contributed by atoms with E-state index in [1.165, 1.54) is 0 Å². The fraction of sp³-hybridized carbons (Fsp3) is 0. The molecule has 0 atom stereocenters. The van der Waals surface area contributed by atoms with Gasteiger partial charge in [0.05, 0.1) is 5.70 Å². The third-order valence-electron chi connectivity index (χ3n) is 1.88. The van der Waals surface area contributed by atoms with Crippen LogP contribution in [0.2, 0.25) is 0 Å². The van der Waals surface area contributed by atoms with Gasteiger partial charge in [0.25, 0.3) is 0 Å². The zero-order valence-corrected chi connectivity index (χ0v) is 7.51. The number of phenols is 1. The maximum Gasteiger partial charge on any atom is 0.116 e. The van der Waals surface area contributed by atoms with Crippen LogP contribution in [0.25, 0.3) is 5.70 Å². The first-order valence-corrected chi connectivity index (χ1v) is 4.32. The van der Waals surface area contributed by atoms with E-state index in [2.05, 4.69) is 10.5 Å². The van der Waals surface area contributed by atoms with Gasteiger partial charge >= 0.3 is 0 Å². The molecule has 70 valence electrons. The minimum Gasteiger partial charge on any atom is -0.508 e. The summed E-state index contributed by atoms with van der Waals surface area (Å²) >= 11 is 0. The topological polar surface area (TPSA) is 44.6 Å². The standard InChI is InChI=1S/C11H10N2O/c14-10-5-3-4-9(8-10)11-6-1-2-7-12-13-11/h1-8,13-14H. The van der Waals surface area contributed by atoms with Crippen molar-refractivity contribution in [2.45, 2.75) is 0 Å². The highest BCUT2D eigenvalue weighted by atomic mass is 16.3. The molecule has 3 nitrogen and oxygen atoms in total.